The second-order valence-corrected chi connectivity index (χ2v) is 5.18. The standard InChI is InChI=1S/C15H17N3O2/c1-10(2)18-13-4-3-11(8-16)7-12(13)17-15(18)14-9-19-5-6-20-14/h3-4,7,10,14H,5-6,9H2,1-2H3. The van der Waals surface area contributed by atoms with Gasteiger partial charge in [0.25, 0.3) is 0 Å². The van der Waals surface area contributed by atoms with Gasteiger partial charge in [0.1, 0.15) is 11.9 Å². The van der Waals surface area contributed by atoms with Crippen molar-refractivity contribution in [3.63, 3.8) is 0 Å². The van der Waals surface area contributed by atoms with Gasteiger partial charge in [-0.15, -0.1) is 0 Å². The van der Waals surface area contributed by atoms with Gasteiger partial charge in [-0.05, 0) is 32.0 Å². The fourth-order valence-electron chi connectivity index (χ4n) is 2.59. The molecule has 5 nitrogen and oxygen atoms in total. The van der Waals surface area contributed by atoms with Gasteiger partial charge >= 0.3 is 0 Å². The molecule has 0 aliphatic carbocycles. The number of benzene rings is 1. The largest absolute Gasteiger partial charge is 0.376 e. The molecule has 104 valence electrons. The van der Waals surface area contributed by atoms with E-state index in [-0.39, 0.29) is 12.1 Å². The highest BCUT2D eigenvalue weighted by molar-refractivity contribution is 5.78. The number of nitriles is 1. The number of fused-ring (bicyclic) bond motifs is 1. The zero-order chi connectivity index (χ0) is 14.1. The van der Waals surface area contributed by atoms with Gasteiger partial charge in [0.05, 0.1) is 42.5 Å². The Morgan fingerprint density at radius 1 is 1.40 bits per heavy atom. The molecule has 3 rings (SSSR count). The minimum atomic E-state index is -0.135. The highest BCUT2D eigenvalue weighted by Gasteiger charge is 2.24. The number of hydrogen-bond donors (Lipinski definition) is 0. The Bertz CT molecular complexity index is 664. The van der Waals surface area contributed by atoms with E-state index in [9.17, 15) is 0 Å². The molecule has 20 heavy (non-hydrogen) atoms. The van der Waals surface area contributed by atoms with Crippen LogP contribution in [0.2, 0.25) is 0 Å². The van der Waals surface area contributed by atoms with E-state index >= 15 is 0 Å². The van der Waals surface area contributed by atoms with Gasteiger partial charge in [-0.2, -0.15) is 5.26 Å². The van der Waals surface area contributed by atoms with Crippen LogP contribution < -0.4 is 0 Å². The quantitative estimate of drug-likeness (QED) is 0.842. The van der Waals surface area contributed by atoms with Crippen molar-refractivity contribution in [2.24, 2.45) is 0 Å². The summed E-state index contributed by atoms with van der Waals surface area (Å²) in [6.07, 6.45) is -0.135. The van der Waals surface area contributed by atoms with E-state index in [0.717, 1.165) is 16.9 Å². The van der Waals surface area contributed by atoms with Crippen LogP contribution in [0.4, 0.5) is 0 Å². The third-order valence-electron chi connectivity index (χ3n) is 3.47. The van der Waals surface area contributed by atoms with Gasteiger partial charge in [-0.1, -0.05) is 0 Å². The van der Waals surface area contributed by atoms with Gasteiger partial charge < -0.3 is 14.0 Å². The van der Waals surface area contributed by atoms with Gasteiger partial charge in [-0.3, -0.25) is 0 Å². The highest BCUT2D eigenvalue weighted by Crippen LogP contribution is 2.28. The van der Waals surface area contributed by atoms with Crippen molar-refractivity contribution in [3.8, 4) is 6.07 Å². The van der Waals surface area contributed by atoms with Crippen LogP contribution in [0.25, 0.3) is 11.0 Å². The lowest BCUT2D eigenvalue weighted by Crippen LogP contribution is -2.25. The topological polar surface area (TPSA) is 60.1 Å². The Labute approximate surface area is 117 Å². The second-order valence-electron chi connectivity index (χ2n) is 5.18. The highest BCUT2D eigenvalue weighted by atomic mass is 16.6. The summed E-state index contributed by atoms with van der Waals surface area (Å²) in [4.78, 5) is 4.67. The molecular formula is C15H17N3O2. The van der Waals surface area contributed by atoms with E-state index in [1.807, 2.05) is 18.2 Å². The predicted octanol–water partition coefficient (Wildman–Crippen LogP) is 2.58. The molecule has 1 saturated heterocycles. The normalized spacial score (nSPS) is 19.4. The van der Waals surface area contributed by atoms with Gasteiger partial charge in [0.15, 0.2) is 0 Å². The molecule has 5 heteroatoms. The maximum atomic E-state index is 9.00. The monoisotopic (exact) mass is 271 g/mol. The van der Waals surface area contributed by atoms with Crippen molar-refractivity contribution in [2.45, 2.75) is 26.0 Å². The maximum Gasteiger partial charge on any atom is 0.141 e. The lowest BCUT2D eigenvalue weighted by atomic mass is 10.2. The Balaban J connectivity index is 2.14. The molecule has 1 atom stereocenters. The fourth-order valence-corrected chi connectivity index (χ4v) is 2.59. The summed E-state index contributed by atoms with van der Waals surface area (Å²) < 4.78 is 13.4. The van der Waals surface area contributed by atoms with Crippen molar-refractivity contribution in [2.75, 3.05) is 19.8 Å². The van der Waals surface area contributed by atoms with Crippen LogP contribution in [0.15, 0.2) is 18.2 Å². The molecule has 0 saturated carbocycles. The molecule has 1 aromatic carbocycles. The van der Waals surface area contributed by atoms with E-state index < -0.39 is 0 Å². The minimum Gasteiger partial charge on any atom is -0.376 e. The first-order valence-electron chi connectivity index (χ1n) is 6.82. The van der Waals surface area contributed by atoms with E-state index in [1.165, 1.54) is 0 Å². The van der Waals surface area contributed by atoms with Crippen molar-refractivity contribution in [1.29, 1.82) is 5.26 Å². The van der Waals surface area contributed by atoms with Crippen LogP contribution >= 0.6 is 0 Å². The molecule has 0 radical (unpaired) electrons. The van der Waals surface area contributed by atoms with Crippen LogP contribution in [-0.4, -0.2) is 29.4 Å². The smallest absolute Gasteiger partial charge is 0.141 e. The number of ether oxygens (including phenoxy) is 2. The lowest BCUT2D eigenvalue weighted by Gasteiger charge is -2.24. The van der Waals surface area contributed by atoms with Gasteiger partial charge in [-0.25, -0.2) is 4.98 Å². The number of imidazole rings is 1. The fraction of sp³-hybridized carbons (Fsp3) is 0.467. The summed E-state index contributed by atoms with van der Waals surface area (Å²) >= 11 is 0. The average molecular weight is 271 g/mol. The van der Waals surface area contributed by atoms with E-state index in [1.54, 1.807) is 0 Å². The van der Waals surface area contributed by atoms with E-state index in [0.29, 0.717) is 25.4 Å². The zero-order valence-corrected chi connectivity index (χ0v) is 11.7. The summed E-state index contributed by atoms with van der Waals surface area (Å²) in [5.74, 6) is 0.879. The molecule has 1 aromatic heterocycles. The van der Waals surface area contributed by atoms with Gasteiger partial charge in [0, 0.05) is 6.04 Å². The van der Waals surface area contributed by atoms with Crippen molar-refractivity contribution >= 4 is 11.0 Å². The average Bonchev–Trinajstić information content (AvgIpc) is 2.86. The van der Waals surface area contributed by atoms with Crippen molar-refractivity contribution in [1.82, 2.24) is 9.55 Å². The molecule has 0 amide bonds. The second kappa shape index (κ2) is 5.23. The number of aromatic nitrogens is 2. The molecule has 2 heterocycles. The molecule has 1 unspecified atom stereocenters. The Hall–Kier alpha value is -1.90. The first-order valence-corrected chi connectivity index (χ1v) is 6.82. The van der Waals surface area contributed by atoms with Crippen LogP contribution in [0.3, 0.4) is 0 Å². The Morgan fingerprint density at radius 3 is 2.90 bits per heavy atom. The summed E-state index contributed by atoms with van der Waals surface area (Å²) in [6, 6.07) is 8.02. The zero-order valence-electron chi connectivity index (χ0n) is 11.7. The summed E-state index contributed by atoms with van der Waals surface area (Å²) in [5.41, 5.74) is 2.49. The molecule has 1 aliphatic heterocycles. The first kappa shape index (κ1) is 13.1. The summed E-state index contributed by atoms with van der Waals surface area (Å²) in [5, 5.41) is 9.00. The third kappa shape index (κ3) is 2.17. The predicted molar refractivity (Wildman–Crippen MR) is 74.3 cm³/mol. The molecule has 2 aromatic rings. The summed E-state index contributed by atoms with van der Waals surface area (Å²) in [7, 11) is 0. The van der Waals surface area contributed by atoms with Crippen molar-refractivity contribution < 1.29 is 9.47 Å². The third-order valence-corrected chi connectivity index (χ3v) is 3.47. The number of nitrogens with zero attached hydrogens (tertiary/aromatic N) is 3. The van der Waals surface area contributed by atoms with Crippen LogP contribution in [0, 0.1) is 11.3 Å². The lowest BCUT2D eigenvalue weighted by molar-refractivity contribution is -0.0947. The molecule has 0 N–H and O–H groups in total. The molecule has 0 spiro atoms. The van der Waals surface area contributed by atoms with Crippen LogP contribution in [0.5, 0.6) is 0 Å². The Morgan fingerprint density at radius 2 is 2.25 bits per heavy atom. The molecular weight excluding hydrogens is 254 g/mol. The summed E-state index contributed by atoms with van der Waals surface area (Å²) in [6.45, 7) is 5.99. The molecule has 1 aliphatic rings. The number of hydrogen-bond acceptors (Lipinski definition) is 4. The SMILES string of the molecule is CC(C)n1c(C2COCCO2)nc2cc(C#N)ccc21. The van der Waals surface area contributed by atoms with Crippen LogP contribution in [-0.2, 0) is 9.47 Å². The number of rotatable bonds is 2. The first-order chi connectivity index (χ1) is 9.70. The van der Waals surface area contributed by atoms with Gasteiger partial charge in [0.2, 0.25) is 0 Å². The van der Waals surface area contributed by atoms with E-state index in [4.69, 9.17) is 14.7 Å². The van der Waals surface area contributed by atoms with Crippen LogP contribution in [0.1, 0.15) is 37.4 Å². The minimum absolute atomic E-state index is 0.135. The Kier molecular flexibility index (Phi) is 3.43. The maximum absolute atomic E-state index is 9.00. The molecule has 1 fully saturated rings. The van der Waals surface area contributed by atoms with Crippen molar-refractivity contribution in [3.05, 3.63) is 29.6 Å². The molecule has 0 bridgehead atoms. The van der Waals surface area contributed by atoms with E-state index in [2.05, 4.69) is 29.5 Å².